The van der Waals surface area contributed by atoms with Gasteiger partial charge in [0.05, 0.1) is 29.7 Å². The smallest absolute Gasteiger partial charge is 0.252 e. The molecule has 4 radical (unpaired) electrons. The molecule has 4 rings (SSSR count). The van der Waals surface area contributed by atoms with Crippen LogP contribution in [0.5, 0.6) is 0 Å². The first-order valence-electron chi connectivity index (χ1n) is 12.8. The molecule has 1 aliphatic rings. The molecular weight excluding hydrogens is 488 g/mol. The zero-order chi connectivity index (χ0) is 28.6. The highest BCUT2D eigenvalue weighted by Gasteiger charge is 2.26. The van der Waals surface area contributed by atoms with E-state index in [9.17, 15) is 9.90 Å². The maximum Gasteiger partial charge on any atom is 0.252 e. The molecule has 1 saturated heterocycles. The second-order valence-electron chi connectivity index (χ2n) is 9.57. The highest BCUT2D eigenvalue weighted by atomic mass is 19.1. The van der Waals surface area contributed by atoms with E-state index in [0.29, 0.717) is 30.9 Å². The van der Waals surface area contributed by atoms with Crippen LogP contribution in [0.15, 0.2) is 30.5 Å². The van der Waals surface area contributed by atoms with Crippen LogP contribution in [-0.4, -0.2) is 67.4 Å². The summed E-state index contributed by atoms with van der Waals surface area (Å²) < 4.78 is 37.8. The van der Waals surface area contributed by atoms with E-state index in [1.54, 1.807) is 10.6 Å². The Labute approximate surface area is 226 Å². The van der Waals surface area contributed by atoms with Gasteiger partial charge >= 0.3 is 0 Å². The van der Waals surface area contributed by atoms with Crippen LogP contribution < -0.4 is 10.6 Å². The molecule has 0 bridgehead atoms. The predicted octanol–water partition coefficient (Wildman–Crippen LogP) is 3.48. The molecule has 3 aromatic rings. The molecule has 0 saturated carbocycles. The second-order valence-corrected chi connectivity index (χ2v) is 9.57. The molecule has 202 valence electrons. The van der Waals surface area contributed by atoms with Gasteiger partial charge in [0.15, 0.2) is 0 Å². The van der Waals surface area contributed by atoms with E-state index in [-0.39, 0.29) is 22.9 Å². The Bertz CT molecular complexity index is 1200. The Kier molecular flexibility index (Phi) is 11.5. The standard InChI is InChI=1S/C21H20B2F2N4O3.C4H10.C2H6/c1-11-2-4-29-16(9-13-10-26-3-5-32-13)19(27-17(29)6-11)18-14(24)7-12(8-15(18)25)20(30)28-21(22,23)31;1-4(2)3;1-2/h2,4,6-8,13,26,31H,3,5,9-10H2,1H3,(H,28,30);4H,1-3H3;1-2H3/t13-;;/m0../s1. The number of benzene rings is 1. The molecule has 0 aliphatic carbocycles. The van der Waals surface area contributed by atoms with E-state index in [2.05, 4.69) is 31.1 Å². The number of hydrogen-bond donors (Lipinski definition) is 3. The largest absolute Gasteiger partial charge is 0.390 e. The van der Waals surface area contributed by atoms with Crippen molar-refractivity contribution in [1.29, 1.82) is 0 Å². The van der Waals surface area contributed by atoms with Gasteiger partial charge < -0.3 is 24.9 Å². The maximum absolute atomic E-state index is 15.1. The Hall–Kier alpha value is -2.75. The van der Waals surface area contributed by atoms with Crippen molar-refractivity contribution in [3.05, 3.63) is 58.9 Å². The summed E-state index contributed by atoms with van der Waals surface area (Å²) >= 11 is 0. The van der Waals surface area contributed by atoms with Crippen molar-refractivity contribution in [3.63, 3.8) is 0 Å². The molecule has 1 amide bonds. The quantitative estimate of drug-likeness (QED) is 0.352. The zero-order valence-electron chi connectivity index (χ0n) is 22.9. The third kappa shape index (κ3) is 8.64. The first-order chi connectivity index (χ1) is 17.9. The number of morpholine rings is 1. The molecule has 0 spiro atoms. The number of fused-ring (bicyclic) bond motifs is 1. The van der Waals surface area contributed by atoms with Gasteiger partial charge in [0, 0.05) is 36.8 Å². The Morgan fingerprint density at radius 2 is 1.87 bits per heavy atom. The van der Waals surface area contributed by atoms with E-state index in [1.807, 2.05) is 38.2 Å². The number of nitrogens with zero attached hydrogens (tertiary/aromatic N) is 2. The van der Waals surface area contributed by atoms with Crippen molar-refractivity contribution >= 4 is 27.2 Å². The van der Waals surface area contributed by atoms with Crippen LogP contribution in [0.1, 0.15) is 56.2 Å². The topological polar surface area (TPSA) is 87.9 Å². The first-order valence-corrected chi connectivity index (χ1v) is 12.8. The molecule has 3 N–H and O–H groups in total. The van der Waals surface area contributed by atoms with Gasteiger partial charge in [-0.2, -0.15) is 0 Å². The lowest BCUT2D eigenvalue weighted by molar-refractivity contribution is 0.0286. The summed E-state index contributed by atoms with van der Waals surface area (Å²) in [6.45, 7) is 14.3. The van der Waals surface area contributed by atoms with Crippen LogP contribution in [0.3, 0.4) is 0 Å². The molecule has 3 heterocycles. The Morgan fingerprint density at radius 3 is 2.39 bits per heavy atom. The van der Waals surface area contributed by atoms with Crippen LogP contribution in [-0.2, 0) is 11.2 Å². The monoisotopic (exact) mass is 524 g/mol. The van der Waals surface area contributed by atoms with Crippen LogP contribution in [0.2, 0.25) is 0 Å². The normalized spacial score (nSPS) is 15.4. The molecule has 11 heteroatoms. The molecule has 2 aromatic heterocycles. The number of carbonyl (C=O) groups is 1. The maximum atomic E-state index is 15.1. The fourth-order valence-corrected chi connectivity index (χ4v) is 3.74. The van der Waals surface area contributed by atoms with E-state index in [1.165, 1.54) is 0 Å². The molecule has 1 atom stereocenters. The van der Waals surface area contributed by atoms with Crippen molar-refractivity contribution in [2.24, 2.45) is 5.92 Å². The Morgan fingerprint density at radius 1 is 1.26 bits per heavy atom. The van der Waals surface area contributed by atoms with Crippen LogP contribution in [0.25, 0.3) is 16.9 Å². The lowest BCUT2D eigenvalue weighted by Crippen LogP contribution is -2.49. The summed E-state index contributed by atoms with van der Waals surface area (Å²) in [5.41, 5.74) is -1.08. The second kappa shape index (κ2) is 13.9. The number of ether oxygens (including phenoxy) is 1. The molecule has 1 aromatic carbocycles. The average Bonchev–Trinajstić information content (AvgIpc) is 3.15. The minimum absolute atomic E-state index is 0.126. The number of carbonyl (C=O) groups excluding carboxylic acids is 1. The SMILES string of the molecule is CC.CC(C)C.[B]C([B])(O)NC(=O)c1cc(F)c(-c2nc3cc(C)ccn3c2C[C@H]2CNCCO2)c(F)c1. The number of hydrogen-bond acceptors (Lipinski definition) is 5. The van der Waals surface area contributed by atoms with Crippen molar-refractivity contribution in [3.8, 4) is 11.3 Å². The van der Waals surface area contributed by atoms with Crippen molar-refractivity contribution in [1.82, 2.24) is 20.0 Å². The number of aryl methyl sites for hydroxylation is 1. The third-order valence-electron chi connectivity index (χ3n) is 5.16. The van der Waals surface area contributed by atoms with E-state index < -0.39 is 23.1 Å². The minimum Gasteiger partial charge on any atom is -0.390 e. The van der Waals surface area contributed by atoms with Crippen LogP contribution in [0, 0.1) is 24.5 Å². The highest BCUT2D eigenvalue weighted by Crippen LogP contribution is 2.32. The first kappa shape index (κ1) is 31.5. The van der Waals surface area contributed by atoms with Gasteiger partial charge in [-0.15, -0.1) is 0 Å². The van der Waals surface area contributed by atoms with Gasteiger partial charge in [0.1, 0.15) is 33.0 Å². The van der Waals surface area contributed by atoms with Crippen LogP contribution >= 0.6 is 0 Å². The number of amides is 1. The van der Waals surface area contributed by atoms with Crippen molar-refractivity contribution in [2.75, 3.05) is 19.7 Å². The summed E-state index contributed by atoms with van der Waals surface area (Å²) in [7, 11) is 10.2. The summed E-state index contributed by atoms with van der Waals surface area (Å²) in [5.74, 6) is -2.18. The third-order valence-corrected chi connectivity index (χ3v) is 5.16. The number of imidazole rings is 1. The average molecular weight is 524 g/mol. The van der Waals surface area contributed by atoms with E-state index >= 15 is 8.78 Å². The molecule has 1 fully saturated rings. The molecule has 38 heavy (non-hydrogen) atoms. The van der Waals surface area contributed by atoms with Gasteiger partial charge in [0.2, 0.25) is 0 Å². The summed E-state index contributed by atoms with van der Waals surface area (Å²) in [6, 6.07) is 5.38. The van der Waals surface area contributed by atoms with Gasteiger partial charge in [-0.1, -0.05) is 34.6 Å². The summed E-state index contributed by atoms with van der Waals surface area (Å²) in [5, 5.41) is 14.4. The van der Waals surface area contributed by atoms with E-state index in [4.69, 9.17) is 20.4 Å². The number of rotatable bonds is 5. The van der Waals surface area contributed by atoms with Gasteiger partial charge in [-0.25, -0.2) is 13.8 Å². The zero-order valence-corrected chi connectivity index (χ0v) is 22.9. The fraction of sp³-hybridized carbons (Fsp3) is 0.481. The van der Waals surface area contributed by atoms with Gasteiger partial charge in [-0.3, -0.25) is 4.79 Å². The van der Waals surface area contributed by atoms with Crippen LogP contribution in [0.4, 0.5) is 8.78 Å². The minimum atomic E-state index is -2.52. The molecule has 1 aliphatic heterocycles. The van der Waals surface area contributed by atoms with Crippen molar-refractivity contribution < 1.29 is 23.4 Å². The lowest BCUT2D eigenvalue weighted by Gasteiger charge is -2.24. The number of aliphatic hydroxyl groups is 1. The van der Waals surface area contributed by atoms with Gasteiger partial charge in [-0.05, 0) is 42.7 Å². The van der Waals surface area contributed by atoms with E-state index in [0.717, 1.165) is 30.2 Å². The molecule has 7 nitrogen and oxygen atoms in total. The summed E-state index contributed by atoms with van der Waals surface area (Å²) in [6.07, 6.45) is 1.99. The highest BCUT2D eigenvalue weighted by molar-refractivity contribution is 6.39. The number of halogens is 2. The number of aromatic nitrogens is 2. The predicted molar refractivity (Wildman–Crippen MR) is 147 cm³/mol. The van der Waals surface area contributed by atoms with Crippen molar-refractivity contribution in [2.45, 2.75) is 59.6 Å². The van der Waals surface area contributed by atoms with Gasteiger partial charge in [0.25, 0.3) is 5.91 Å². The number of nitrogens with one attached hydrogen (secondary N) is 2. The molecule has 0 unspecified atom stereocenters. The number of pyridine rings is 1. The summed E-state index contributed by atoms with van der Waals surface area (Å²) in [4.78, 5) is 16.6. The Balaban J connectivity index is 0.000000773. The lowest BCUT2D eigenvalue weighted by atomic mass is 9.73. The fourth-order valence-electron chi connectivity index (χ4n) is 3.74. The molecular formula is C27H36B2F2N4O3.